The first-order chi connectivity index (χ1) is 14.8. The third-order valence-electron chi connectivity index (χ3n) is 5.00. The second-order valence-corrected chi connectivity index (χ2v) is 7.17. The highest BCUT2D eigenvalue weighted by atomic mass is 16.5. The molecule has 2 aliphatic heterocycles. The van der Waals surface area contributed by atoms with Crippen LogP contribution in [0.15, 0.2) is 34.1 Å². The first-order valence-corrected chi connectivity index (χ1v) is 9.72. The maximum Gasteiger partial charge on any atom is 0.351 e. The van der Waals surface area contributed by atoms with E-state index in [4.69, 9.17) is 31.2 Å². The Morgan fingerprint density at radius 1 is 0.935 bits per heavy atom. The van der Waals surface area contributed by atoms with Crippen molar-refractivity contribution in [3.05, 3.63) is 45.5 Å². The van der Waals surface area contributed by atoms with Crippen LogP contribution in [0.4, 0.5) is 11.6 Å². The molecule has 0 unspecified atom stereocenters. The SMILES string of the molecule is Nc1ccn([C@H]2CC[C@@H](CO)O2)c(=O)n1.Nc1ccn([C@H]2C[C@H](O)[C@@H](CO)O2)c(=O)n1. The predicted molar refractivity (Wildman–Crippen MR) is 108 cm³/mol. The largest absolute Gasteiger partial charge is 0.394 e. The molecule has 0 saturated carbocycles. The average Bonchev–Trinajstić information content (AvgIpc) is 3.35. The highest BCUT2D eigenvalue weighted by Gasteiger charge is 2.34. The molecule has 0 amide bonds. The van der Waals surface area contributed by atoms with Crippen molar-refractivity contribution in [3.63, 3.8) is 0 Å². The first kappa shape index (κ1) is 22.8. The molecule has 2 aromatic heterocycles. The molecule has 2 aromatic rings. The molecule has 0 aromatic carbocycles. The number of nitrogens with two attached hydrogens (primary N) is 2. The number of aliphatic hydroxyl groups excluding tert-OH is 3. The minimum absolute atomic E-state index is 0.0202. The molecule has 31 heavy (non-hydrogen) atoms. The molecule has 170 valence electrons. The van der Waals surface area contributed by atoms with Gasteiger partial charge in [0.1, 0.15) is 30.2 Å². The number of aliphatic hydroxyl groups is 3. The zero-order valence-electron chi connectivity index (χ0n) is 16.6. The number of anilines is 2. The van der Waals surface area contributed by atoms with Gasteiger partial charge in [-0.15, -0.1) is 0 Å². The Morgan fingerprint density at radius 2 is 1.52 bits per heavy atom. The molecule has 2 fully saturated rings. The summed E-state index contributed by atoms with van der Waals surface area (Å²) in [4.78, 5) is 30.1. The number of ether oxygens (including phenoxy) is 2. The molecule has 2 saturated heterocycles. The third kappa shape index (κ3) is 5.45. The van der Waals surface area contributed by atoms with Crippen LogP contribution in [0.3, 0.4) is 0 Å². The fraction of sp³-hybridized carbons (Fsp3) is 0.556. The van der Waals surface area contributed by atoms with Gasteiger partial charge in [0.15, 0.2) is 0 Å². The second kappa shape index (κ2) is 9.98. The molecule has 0 spiro atoms. The van der Waals surface area contributed by atoms with Gasteiger partial charge < -0.3 is 36.3 Å². The molecule has 4 heterocycles. The minimum Gasteiger partial charge on any atom is -0.394 e. The van der Waals surface area contributed by atoms with E-state index >= 15 is 0 Å². The van der Waals surface area contributed by atoms with E-state index in [0.717, 1.165) is 6.42 Å². The van der Waals surface area contributed by atoms with Crippen LogP contribution in [0.5, 0.6) is 0 Å². The van der Waals surface area contributed by atoms with Crippen molar-refractivity contribution in [1.82, 2.24) is 19.1 Å². The summed E-state index contributed by atoms with van der Waals surface area (Å²) in [6, 6.07) is 3.03. The van der Waals surface area contributed by atoms with Crippen LogP contribution in [0.25, 0.3) is 0 Å². The van der Waals surface area contributed by atoms with E-state index in [2.05, 4.69) is 9.97 Å². The smallest absolute Gasteiger partial charge is 0.351 e. The second-order valence-electron chi connectivity index (χ2n) is 7.17. The van der Waals surface area contributed by atoms with E-state index in [1.54, 1.807) is 12.3 Å². The predicted octanol–water partition coefficient (Wildman–Crippen LogP) is -2.04. The summed E-state index contributed by atoms with van der Waals surface area (Å²) in [5, 5.41) is 27.3. The monoisotopic (exact) mass is 438 g/mol. The standard InChI is InChI=1S/C9H13N3O4.C9H13N3O3/c10-7-1-2-12(9(15)11-7)8-3-5(14)6(4-13)16-8;10-7-3-4-12(9(14)11-7)8-2-1-6(5-13)15-8/h1-2,5-6,8,13-14H,3-4H2,(H2,10,11,15);3-4,6,8,13H,1-2,5H2,(H2,10,11,14)/t5-,6+,8+;6-,8+/m00/s1. The van der Waals surface area contributed by atoms with Crippen LogP contribution < -0.4 is 22.8 Å². The van der Waals surface area contributed by atoms with Crippen molar-refractivity contribution in [2.45, 2.75) is 50.0 Å². The lowest BCUT2D eigenvalue weighted by Crippen LogP contribution is -2.27. The molecule has 0 radical (unpaired) electrons. The van der Waals surface area contributed by atoms with E-state index < -0.39 is 29.8 Å². The molecule has 2 aliphatic rings. The Hall–Kier alpha value is -2.84. The summed E-state index contributed by atoms with van der Waals surface area (Å²) >= 11 is 0. The number of aromatic nitrogens is 4. The quantitative estimate of drug-likeness (QED) is 0.352. The molecule has 5 atom stereocenters. The number of nitrogens with zero attached hydrogens (tertiary/aromatic N) is 4. The Kier molecular flexibility index (Phi) is 7.35. The van der Waals surface area contributed by atoms with Gasteiger partial charge in [-0.2, -0.15) is 9.97 Å². The Bertz CT molecular complexity index is 996. The zero-order chi connectivity index (χ0) is 22.5. The van der Waals surface area contributed by atoms with Crippen LogP contribution in [0.1, 0.15) is 31.7 Å². The Balaban J connectivity index is 0.000000176. The normalized spacial score (nSPS) is 27.6. The van der Waals surface area contributed by atoms with Gasteiger partial charge in [-0.3, -0.25) is 9.13 Å². The van der Waals surface area contributed by atoms with E-state index in [1.807, 2.05) is 0 Å². The van der Waals surface area contributed by atoms with E-state index in [-0.39, 0.29) is 43.6 Å². The van der Waals surface area contributed by atoms with E-state index in [0.29, 0.717) is 6.42 Å². The number of rotatable bonds is 4. The third-order valence-corrected chi connectivity index (χ3v) is 5.00. The van der Waals surface area contributed by atoms with Crippen LogP contribution in [0, 0.1) is 0 Å². The molecule has 7 N–H and O–H groups in total. The van der Waals surface area contributed by atoms with E-state index in [1.165, 1.54) is 21.4 Å². The number of hydrogen-bond donors (Lipinski definition) is 5. The number of hydrogen-bond acceptors (Lipinski definition) is 11. The van der Waals surface area contributed by atoms with Crippen molar-refractivity contribution < 1.29 is 24.8 Å². The van der Waals surface area contributed by atoms with Gasteiger partial charge in [0, 0.05) is 18.8 Å². The molecular formula is C18H26N6O7. The fourth-order valence-electron chi connectivity index (χ4n) is 3.37. The van der Waals surface area contributed by atoms with Crippen molar-refractivity contribution in [2.75, 3.05) is 24.7 Å². The molecule has 13 nitrogen and oxygen atoms in total. The molecule has 0 bridgehead atoms. The van der Waals surface area contributed by atoms with Crippen LogP contribution in [-0.2, 0) is 9.47 Å². The molecular weight excluding hydrogens is 412 g/mol. The summed E-state index contributed by atoms with van der Waals surface area (Å²) in [5.41, 5.74) is 9.78. The maximum absolute atomic E-state index is 11.5. The number of nitrogen functional groups attached to an aromatic ring is 2. The van der Waals surface area contributed by atoms with Crippen molar-refractivity contribution in [1.29, 1.82) is 0 Å². The van der Waals surface area contributed by atoms with Gasteiger partial charge in [-0.25, -0.2) is 9.59 Å². The van der Waals surface area contributed by atoms with Gasteiger partial charge in [-0.1, -0.05) is 0 Å². The topological polar surface area (TPSA) is 201 Å². The van der Waals surface area contributed by atoms with Crippen molar-refractivity contribution in [3.8, 4) is 0 Å². The van der Waals surface area contributed by atoms with E-state index in [9.17, 15) is 14.7 Å². The van der Waals surface area contributed by atoms with Gasteiger partial charge in [0.05, 0.1) is 25.4 Å². The highest BCUT2D eigenvalue weighted by molar-refractivity contribution is 5.24. The Morgan fingerprint density at radius 3 is 1.97 bits per heavy atom. The van der Waals surface area contributed by atoms with Gasteiger partial charge in [-0.05, 0) is 25.0 Å². The van der Waals surface area contributed by atoms with Crippen LogP contribution in [0.2, 0.25) is 0 Å². The van der Waals surface area contributed by atoms with Gasteiger partial charge in [0.25, 0.3) is 0 Å². The summed E-state index contributed by atoms with van der Waals surface area (Å²) in [7, 11) is 0. The van der Waals surface area contributed by atoms with Crippen LogP contribution >= 0.6 is 0 Å². The maximum atomic E-state index is 11.5. The summed E-state index contributed by atoms with van der Waals surface area (Å²) in [6.45, 7) is -0.303. The molecule has 0 aliphatic carbocycles. The first-order valence-electron chi connectivity index (χ1n) is 9.72. The summed E-state index contributed by atoms with van der Waals surface area (Å²) < 4.78 is 13.4. The Labute approximate surface area is 176 Å². The van der Waals surface area contributed by atoms with Gasteiger partial charge in [0.2, 0.25) is 0 Å². The molecule has 4 rings (SSSR count). The fourth-order valence-corrected chi connectivity index (χ4v) is 3.37. The summed E-state index contributed by atoms with van der Waals surface area (Å²) in [5.74, 6) is 0.339. The van der Waals surface area contributed by atoms with Crippen molar-refractivity contribution >= 4 is 11.6 Å². The minimum atomic E-state index is -0.778. The molecule has 13 heteroatoms. The van der Waals surface area contributed by atoms with Crippen LogP contribution in [-0.4, -0.2) is 65.9 Å². The van der Waals surface area contributed by atoms with Gasteiger partial charge >= 0.3 is 11.4 Å². The highest BCUT2D eigenvalue weighted by Crippen LogP contribution is 2.27. The lowest BCUT2D eigenvalue weighted by molar-refractivity contribution is -0.0458. The lowest BCUT2D eigenvalue weighted by atomic mass is 10.2. The van der Waals surface area contributed by atoms with Crippen molar-refractivity contribution in [2.24, 2.45) is 0 Å². The lowest BCUT2D eigenvalue weighted by Gasteiger charge is -2.14. The average molecular weight is 438 g/mol. The summed E-state index contributed by atoms with van der Waals surface area (Å²) in [6.07, 6.45) is 2.17. The zero-order valence-corrected chi connectivity index (χ0v) is 16.6.